The van der Waals surface area contributed by atoms with Gasteiger partial charge in [0.05, 0.1) is 0 Å². The molecule has 7 rings (SSSR count). The quantitative estimate of drug-likeness (QED) is 0.168. The van der Waals surface area contributed by atoms with Gasteiger partial charge in [0.25, 0.3) is 0 Å². The van der Waals surface area contributed by atoms with Crippen LogP contribution in [0.25, 0.3) is 0 Å². The zero-order valence-corrected chi connectivity index (χ0v) is 28.7. The van der Waals surface area contributed by atoms with Crippen molar-refractivity contribution in [1.82, 2.24) is 0 Å². The summed E-state index contributed by atoms with van der Waals surface area (Å²) in [6, 6.07) is 27.8. The van der Waals surface area contributed by atoms with E-state index in [1.54, 1.807) is 0 Å². The zero-order valence-electron chi connectivity index (χ0n) is 28.7. The van der Waals surface area contributed by atoms with Gasteiger partial charge in [-0.2, -0.15) is 0 Å². The first-order valence-electron chi connectivity index (χ1n) is 17.5. The van der Waals surface area contributed by atoms with Crippen LogP contribution >= 0.6 is 0 Å². The molecule has 1 saturated heterocycles. The van der Waals surface area contributed by atoms with Crippen molar-refractivity contribution >= 4 is 17.9 Å². The minimum absolute atomic E-state index is 0.351. The fourth-order valence-corrected chi connectivity index (χ4v) is 6.98. The maximum atomic E-state index is 14.1. The first kappa shape index (κ1) is 34.6. The molecule has 264 valence electrons. The lowest BCUT2D eigenvalue weighted by atomic mass is 9.93. The molecule has 0 saturated carbocycles. The van der Waals surface area contributed by atoms with E-state index < -0.39 is 72.8 Å². The molecule has 4 aliphatic rings. The molecule has 4 aliphatic heterocycles. The van der Waals surface area contributed by atoms with Gasteiger partial charge >= 0.3 is 17.9 Å². The monoisotopic (exact) mass is 690 g/mol. The highest BCUT2D eigenvalue weighted by Gasteiger charge is 2.44. The Balaban J connectivity index is 1.31. The van der Waals surface area contributed by atoms with E-state index in [9.17, 15) is 14.4 Å². The molecule has 0 radical (unpaired) electrons. The van der Waals surface area contributed by atoms with Crippen molar-refractivity contribution < 1.29 is 42.8 Å². The third-order valence-corrected chi connectivity index (χ3v) is 9.86. The second-order valence-corrected chi connectivity index (χ2v) is 13.6. The lowest BCUT2D eigenvalue weighted by Crippen LogP contribution is -2.46. The van der Waals surface area contributed by atoms with Crippen molar-refractivity contribution in [2.45, 2.75) is 75.7 Å². The van der Waals surface area contributed by atoms with Gasteiger partial charge in [0.15, 0.2) is 36.6 Å². The summed E-state index contributed by atoms with van der Waals surface area (Å²) < 4.78 is 38.2. The van der Waals surface area contributed by atoms with Crippen LogP contribution in [0.2, 0.25) is 0 Å². The molecule has 3 aromatic carbocycles. The van der Waals surface area contributed by atoms with Crippen LogP contribution in [-0.2, 0) is 42.8 Å². The topological polar surface area (TPSA) is 107 Å². The van der Waals surface area contributed by atoms with Gasteiger partial charge in [0, 0.05) is 17.8 Å². The molecule has 0 unspecified atom stereocenters. The summed E-state index contributed by atoms with van der Waals surface area (Å²) in [5.41, 5.74) is 2.06. The van der Waals surface area contributed by atoms with Crippen molar-refractivity contribution in [1.29, 1.82) is 0 Å². The first-order chi connectivity index (χ1) is 24.8. The molecule has 0 amide bonds. The average Bonchev–Trinajstić information content (AvgIpc) is 3.16. The maximum Gasteiger partial charge on any atom is 0.336 e. The summed E-state index contributed by atoms with van der Waals surface area (Å²) in [5.74, 6) is -2.88. The molecule has 51 heavy (non-hydrogen) atoms. The minimum Gasteiger partial charge on any atom is -0.452 e. The number of hydrogen-bond donors (Lipinski definition) is 0. The molecule has 0 spiro atoms. The fraction of sp³-hybridized carbons (Fsp3) is 0.357. The highest BCUT2D eigenvalue weighted by molar-refractivity contribution is 5.78. The Morgan fingerprint density at radius 3 is 0.863 bits per heavy atom. The Kier molecular flexibility index (Phi) is 10.3. The van der Waals surface area contributed by atoms with Gasteiger partial charge < -0.3 is 28.4 Å². The Morgan fingerprint density at radius 2 is 0.608 bits per heavy atom. The molecule has 0 N–H and O–H groups in total. The predicted molar refractivity (Wildman–Crippen MR) is 187 cm³/mol. The number of benzene rings is 3. The molecule has 3 aromatic rings. The molecule has 0 aliphatic carbocycles. The van der Waals surface area contributed by atoms with Crippen molar-refractivity contribution in [3.8, 4) is 0 Å². The van der Waals surface area contributed by atoms with Crippen LogP contribution in [0, 0.1) is 17.8 Å². The van der Waals surface area contributed by atoms with E-state index in [0.29, 0.717) is 16.7 Å². The minimum atomic E-state index is -1.02. The number of hydrogen-bond acceptors (Lipinski definition) is 9. The van der Waals surface area contributed by atoms with Crippen molar-refractivity contribution in [2.24, 2.45) is 17.8 Å². The molecule has 0 aromatic heterocycles. The number of fused-ring (bicyclic) bond motifs is 6. The van der Waals surface area contributed by atoms with E-state index in [-0.39, 0.29) is 17.8 Å². The molecular formula is C42H42O9. The lowest BCUT2D eigenvalue weighted by molar-refractivity contribution is -0.200. The SMILES string of the molecule is C[C@H]1C=C[C@@H]2O[C@H]1C(=O)O[C@@H](c1ccccc1)[C@@H]1C=C[C@H](C)[C@@H](O1)C(=O)O[C@@H](c1ccccc1)[C@@H]1C=C[C@H](C)[C@@H](O1)C(=O)O[C@H]2c1ccccc1. The Hall–Kier alpha value is -4.83. The van der Waals surface area contributed by atoms with E-state index >= 15 is 0 Å². The van der Waals surface area contributed by atoms with Crippen molar-refractivity contribution in [3.63, 3.8) is 0 Å². The van der Waals surface area contributed by atoms with Crippen LogP contribution < -0.4 is 0 Å². The Morgan fingerprint density at radius 1 is 0.353 bits per heavy atom. The predicted octanol–water partition coefficient (Wildman–Crippen LogP) is 6.73. The number of cyclic esters (lactones) is 3. The summed E-state index contributed by atoms with van der Waals surface area (Å²) in [6.07, 6.45) is 2.91. The van der Waals surface area contributed by atoms with Crippen LogP contribution in [0.1, 0.15) is 55.8 Å². The van der Waals surface area contributed by atoms with Crippen molar-refractivity contribution in [2.75, 3.05) is 0 Å². The smallest absolute Gasteiger partial charge is 0.336 e. The number of carbonyl (C=O) groups is 3. The van der Waals surface area contributed by atoms with E-state index in [0.717, 1.165) is 0 Å². The second-order valence-electron chi connectivity index (χ2n) is 13.6. The zero-order chi connectivity index (χ0) is 35.5. The van der Waals surface area contributed by atoms with Gasteiger partial charge in [-0.15, -0.1) is 0 Å². The third-order valence-electron chi connectivity index (χ3n) is 9.86. The normalized spacial score (nSPS) is 35.5. The first-order valence-corrected chi connectivity index (χ1v) is 17.5. The molecule has 12 atom stereocenters. The average molecular weight is 691 g/mol. The highest BCUT2D eigenvalue weighted by Crippen LogP contribution is 2.38. The Bertz CT molecular complexity index is 1560. The standard InChI is InChI=1S/C42H42O9/c1-25-19-22-31-37(28-13-7-4-8-14-28)50-41(44)35-27(3)21-24-33(48-35)39(30-17-11-6-12-18-30)51-42(45)36-26(2)20-23-32(47-36)38(29-15-9-5-10-16-29)49-40(43)34(25)46-31/h4-27,31-39H,1-3H3/t25-,26-,27-,31-,32-,33-,34+,35+,36+,37-,38-,39-/m0/s1. The lowest BCUT2D eigenvalue weighted by Gasteiger charge is -2.39. The molecule has 1 fully saturated rings. The summed E-state index contributed by atoms with van der Waals surface area (Å²) in [5, 5.41) is 0. The summed E-state index contributed by atoms with van der Waals surface area (Å²) in [4.78, 5) is 42.3. The molecule has 9 heteroatoms. The van der Waals surface area contributed by atoms with Crippen LogP contribution in [0.3, 0.4) is 0 Å². The van der Waals surface area contributed by atoms with Crippen LogP contribution in [0.15, 0.2) is 127 Å². The summed E-state index contributed by atoms with van der Waals surface area (Å²) in [6.45, 7) is 5.59. The number of rotatable bonds is 3. The van der Waals surface area contributed by atoms with Gasteiger partial charge in [-0.05, 0) is 16.7 Å². The summed E-state index contributed by atoms with van der Waals surface area (Å²) >= 11 is 0. The van der Waals surface area contributed by atoms with Gasteiger partial charge in [-0.3, -0.25) is 0 Å². The largest absolute Gasteiger partial charge is 0.452 e. The molecule has 6 bridgehead atoms. The van der Waals surface area contributed by atoms with Gasteiger partial charge in [-0.25, -0.2) is 14.4 Å². The van der Waals surface area contributed by atoms with E-state index in [4.69, 9.17) is 28.4 Å². The molecular weight excluding hydrogens is 648 g/mol. The summed E-state index contributed by atoms with van der Waals surface area (Å²) in [7, 11) is 0. The third kappa shape index (κ3) is 7.47. The number of carbonyl (C=O) groups excluding carboxylic acids is 3. The van der Waals surface area contributed by atoms with Gasteiger partial charge in [-0.1, -0.05) is 148 Å². The van der Waals surface area contributed by atoms with Crippen LogP contribution in [0.4, 0.5) is 0 Å². The maximum absolute atomic E-state index is 14.1. The van der Waals surface area contributed by atoms with E-state index in [2.05, 4.69) is 0 Å². The number of esters is 3. The van der Waals surface area contributed by atoms with Gasteiger partial charge in [0.1, 0.15) is 18.3 Å². The Labute approximate surface area is 297 Å². The van der Waals surface area contributed by atoms with Crippen LogP contribution in [0.5, 0.6) is 0 Å². The van der Waals surface area contributed by atoms with Crippen LogP contribution in [-0.4, -0.2) is 54.5 Å². The number of ether oxygens (including phenoxy) is 6. The second kappa shape index (κ2) is 15.2. The molecule has 9 nitrogen and oxygen atoms in total. The fourth-order valence-electron chi connectivity index (χ4n) is 6.98. The van der Waals surface area contributed by atoms with E-state index in [1.807, 2.05) is 148 Å². The molecule has 4 heterocycles. The highest BCUT2D eigenvalue weighted by atomic mass is 16.6. The van der Waals surface area contributed by atoms with E-state index in [1.165, 1.54) is 0 Å². The van der Waals surface area contributed by atoms with Crippen molar-refractivity contribution in [3.05, 3.63) is 144 Å². The van der Waals surface area contributed by atoms with Gasteiger partial charge in [0.2, 0.25) is 0 Å².